The third-order valence-corrected chi connectivity index (χ3v) is 6.41. The molecule has 2 fully saturated rings. The third kappa shape index (κ3) is 5.34. The second-order valence-corrected chi connectivity index (χ2v) is 8.98. The van der Waals surface area contributed by atoms with Gasteiger partial charge >= 0.3 is 0 Å². The lowest BCUT2D eigenvalue weighted by atomic mass is 9.97. The van der Waals surface area contributed by atoms with Gasteiger partial charge in [0.2, 0.25) is 11.8 Å². The van der Waals surface area contributed by atoms with Gasteiger partial charge in [0.05, 0.1) is 5.92 Å². The Kier molecular flexibility index (Phi) is 6.55. The summed E-state index contributed by atoms with van der Waals surface area (Å²) >= 11 is 0. The highest BCUT2D eigenvalue weighted by Crippen LogP contribution is 2.38. The minimum Gasteiger partial charge on any atom is -0.369 e. The monoisotopic (exact) mass is 434 g/mol. The Labute approximate surface area is 188 Å². The van der Waals surface area contributed by atoms with Gasteiger partial charge < -0.3 is 16.4 Å². The van der Waals surface area contributed by atoms with Crippen LogP contribution in [0.15, 0.2) is 48.5 Å². The van der Waals surface area contributed by atoms with Gasteiger partial charge in [-0.25, -0.2) is 0 Å². The molecule has 1 aliphatic carbocycles. The Morgan fingerprint density at radius 1 is 1.09 bits per heavy atom. The van der Waals surface area contributed by atoms with E-state index < -0.39 is 0 Å². The zero-order valence-corrected chi connectivity index (χ0v) is 18.3. The normalized spacial score (nSPS) is 22.7. The average Bonchev–Trinajstić information content (AvgIpc) is 3.52. The predicted octanol–water partition coefficient (Wildman–Crippen LogP) is 3.23. The number of likely N-dealkylation sites (tertiary alicyclic amines) is 1. The van der Waals surface area contributed by atoms with E-state index in [1.165, 1.54) is 0 Å². The van der Waals surface area contributed by atoms with Crippen molar-refractivity contribution >= 4 is 29.1 Å². The van der Waals surface area contributed by atoms with Crippen LogP contribution in [-0.2, 0) is 16.1 Å². The van der Waals surface area contributed by atoms with Gasteiger partial charge in [0, 0.05) is 35.9 Å². The Morgan fingerprint density at radius 2 is 1.88 bits per heavy atom. The largest absolute Gasteiger partial charge is 0.369 e. The van der Waals surface area contributed by atoms with E-state index in [0.29, 0.717) is 30.3 Å². The summed E-state index contributed by atoms with van der Waals surface area (Å²) in [6, 6.07) is 14.7. The average molecular weight is 435 g/mol. The van der Waals surface area contributed by atoms with Crippen LogP contribution in [0.2, 0.25) is 0 Å². The maximum Gasteiger partial charge on any atom is 0.255 e. The number of nitrogens with one attached hydrogen (secondary N) is 2. The molecule has 1 heterocycles. The number of benzene rings is 2. The van der Waals surface area contributed by atoms with Gasteiger partial charge in [-0.1, -0.05) is 31.2 Å². The molecule has 168 valence electrons. The Balaban J connectivity index is 1.42. The van der Waals surface area contributed by atoms with E-state index in [0.717, 1.165) is 37.1 Å². The Hall–Kier alpha value is -3.19. The fraction of sp³-hybridized carbons (Fsp3) is 0.400. The van der Waals surface area contributed by atoms with Crippen LogP contribution in [-0.4, -0.2) is 35.7 Å². The van der Waals surface area contributed by atoms with Crippen molar-refractivity contribution in [1.29, 1.82) is 0 Å². The van der Waals surface area contributed by atoms with Crippen LogP contribution in [0.3, 0.4) is 0 Å². The van der Waals surface area contributed by atoms with Gasteiger partial charge in [0.15, 0.2) is 0 Å². The summed E-state index contributed by atoms with van der Waals surface area (Å²) in [6.07, 6.45) is 2.68. The van der Waals surface area contributed by atoms with Crippen molar-refractivity contribution in [2.24, 2.45) is 23.5 Å². The summed E-state index contributed by atoms with van der Waals surface area (Å²) in [5, 5.41) is 5.91. The van der Waals surface area contributed by atoms with E-state index in [2.05, 4.69) is 22.5 Å². The van der Waals surface area contributed by atoms with E-state index in [9.17, 15) is 14.4 Å². The minimum atomic E-state index is -0.251. The van der Waals surface area contributed by atoms with Crippen LogP contribution in [0, 0.1) is 17.8 Å². The van der Waals surface area contributed by atoms with Gasteiger partial charge in [-0.15, -0.1) is 0 Å². The summed E-state index contributed by atoms with van der Waals surface area (Å²) in [5.41, 5.74) is 8.33. The molecule has 7 heteroatoms. The molecule has 32 heavy (non-hydrogen) atoms. The standard InChI is InChI=1S/C25H30N4O3/c1-16-12-21(16)25(32)27-20-9-4-7-17(13-20)24(31)28-22-10-3-2-6-18(22)14-29-11-5-8-19(15-29)23(26)30/h2-4,6-7,9-10,13,16,19,21H,5,8,11-12,14-15H2,1H3,(H2,26,30)(H,27,32)(H,28,31). The second-order valence-electron chi connectivity index (χ2n) is 8.98. The van der Waals surface area contributed by atoms with Crippen molar-refractivity contribution in [3.05, 3.63) is 59.7 Å². The Morgan fingerprint density at radius 3 is 2.62 bits per heavy atom. The van der Waals surface area contributed by atoms with E-state index >= 15 is 0 Å². The number of primary amides is 1. The summed E-state index contributed by atoms with van der Waals surface area (Å²) in [4.78, 5) is 38.9. The number of hydrogen-bond acceptors (Lipinski definition) is 4. The second kappa shape index (κ2) is 9.53. The number of anilines is 2. The van der Waals surface area contributed by atoms with Crippen LogP contribution in [0.4, 0.5) is 11.4 Å². The summed E-state index contributed by atoms with van der Waals surface area (Å²) < 4.78 is 0. The van der Waals surface area contributed by atoms with E-state index in [1.54, 1.807) is 24.3 Å². The maximum absolute atomic E-state index is 12.9. The number of hydrogen-bond donors (Lipinski definition) is 3. The van der Waals surface area contributed by atoms with E-state index in [4.69, 9.17) is 5.73 Å². The van der Waals surface area contributed by atoms with Crippen LogP contribution >= 0.6 is 0 Å². The summed E-state index contributed by atoms with van der Waals surface area (Å²) in [6.45, 7) is 4.23. The van der Waals surface area contributed by atoms with E-state index in [1.807, 2.05) is 24.3 Å². The van der Waals surface area contributed by atoms with Crippen molar-refractivity contribution < 1.29 is 14.4 Å². The molecule has 2 aliphatic rings. The first kappa shape index (κ1) is 22.0. The highest BCUT2D eigenvalue weighted by Gasteiger charge is 2.39. The number of carbonyl (C=O) groups is 3. The highest BCUT2D eigenvalue weighted by molar-refractivity contribution is 6.05. The molecule has 3 atom stereocenters. The van der Waals surface area contributed by atoms with Crippen LogP contribution < -0.4 is 16.4 Å². The van der Waals surface area contributed by atoms with Crippen molar-refractivity contribution in [3.8, 4) is 0 Å². The molecule has 4 rings (SSSR count). The molecule has 7 nitrogen and oxygen atoms in total. The molecule has 2 aromatic carbocycles. The molecule has 1 saturated carbocycles. The quantitative estimate of drug-likeness (QED) is 0.622. The molecule has 1 saturated heterocycles. The zero-order valence-electron chi connectivity index (χ0n) is 18.3. The van der Waals surface area contributed by atoms with Crippen molar-refractivity contribution in [2.45, 2.75) is 32.7 Å². The van der Waals surface area contributed by atoms with Crippen LogP contribution in [0.5, 0.6) is 0 Å². The minimum absolute atomic E-state index is 0.0104. The maximum atomic E-state index is 12.9. The topological polar surface area (TPSA) is 105 Å². The molecule has 4 N–H and O–H groups in total. The lowest BCUT2D eigenvalue weighted by Crippen LogP contribution is -2.40. The number of rotatable bonds is 7. The lowest BCUT2D eigenvalue weighted by Gasteiger charge is -2.31. The smallest absolute Gasteiger partial charge is 0.255 e. The van der Waals surface area contributed by atoms with E-state index in [-0.39, 0.29) is 29.6 Å². The number of carbonyl (C=O) groups excluding carboxylic acids is 3. The first-order valence-electron chi connectivity index (χ1n) is 11.2. The van der Waals surface area contributed by atoms with Crippen LogP contribution in [0.25, 0.3) is 0 Å². The molecule has 2 aromatic rings. The summed E-state index contributed by atoms with van der Waals surface area (Å²) in [7, 11) is 0. The molecular weight excluding hydrogens is 404 g/mol. The molecule has 0 radical (unpaired) electrons. The van der Waals surface area contributed by atoms with Crippen molar-refractivity contribution in [1.82, 2.24) is 4.90 Å². The van der Waals surface area contributed by atoms with Crippen LogP contribution in [0.1, 0.15) is 42.1 Å². The molecule has 0 aromatic heterocycles. The predicted molar refractivity (Wildman–Crippen MR) is 124 cm³/mol. The first-order valence-corrected chi connectivity index (χ1v) is 11.2. The molecule has 3 unspecified atom stereocenters. The molecular formula is C25H30N4O3. The number of nitrogens with zero attached hydrogens (tertiary/aromatic N) is 1. The summed E-state index contributed by atoms with van der Waals surface area (Å²) in [5.74, 6) is -0.0980. The third-order valence-electron chi connectivity index (χ3n) is 6.41. The number of para-hydroxylation sites is 1. The lowest BCUT2D eigenvalue weighted by molar-refractivity contribution is -0.123. The van der Waals surface area contributed by atoms with Gasteiger partial charge in [-0.3, -0.25) is 19.3 Å². The fourth-order valence-electron chi connectivity index (χ4n) is 4.31. The fourth-order valence-corrected chi connectivity index (χ4v) is 4.31. The SMILES string of the molecule is CC1CC1C(=O)Nc1cccc(C(=O)Nc2ccccc2CN2CCCC(C(N)=O)C2)c1. The van der Waals surface area contributed by atoms with Gasteiger partial charge in [-0.2, -0.15) is 0 Å². The van der Waals surface area contributed by atoms with Crippen molar-refractivity contribution in [3.63, 3.8) is 0 Å². The zero-order chi connectivity index (χ0) is 22.7. The van der Waals surface area contributed by atoms with Crippen molar-refractivity contribution in [2.75, 3.05) is 23.7 Å². The molecule has 0 spiro atoms. The molecule has 0 bridgehead atoms. The number of piperidine rings is 1. The first-order chi connectivity index (χ1) is 15.4. The number of nitrogens with two attached hydrogens (primary N) is 1. The van der Waals surface area contributed by atoms with Gasteiger partial charge in [0.1, 0.15) is 0 Å². The molecule has 3 amide bonds. The Bertz CT molecular complexity index is 1020. The van der Waals surface area contributed by atoms with Gasteiger partial charge in [-0.05, 0) is 61.6 Å². The number of amides is 3. The van der Waals surface area contributed by atoms with Gasteiger partial charge in [0.25, 0.3) is 5.91 Å². The molecule has 1 aliphatic heterocycles. The highest BCUT2D eigenvalue weighted by atomic mass is 16.2.